The van der Waals surface area contributed by atoms with Gasteiger partial charge in [-0.3, -0.25) is 14.1 Å². The van der Waals surface area contributed by atoms with Crippen molar-refractivity contribution in [3.8, 4) is 0 Å². The minimum absolute atomic E-state index is 0.0563. The van der Waals surface area contributed by atoms with E-state index >= 15 is 0 Å². The van der Waals surface area contributed by atoms with Gasteiger partial charge in [0, 0.05) is 25.8 Å². The van der Waals surface area contributed by atoms with E-state index in [0.29, 0.717) is 24.3 Å². The molecule has 2 aromatic rings. The minimum atomic E-state index is -0.0563. The quantitative estimate of drug-likeness (QED) is 0.809. The molecule has 3 rings (SSSR count). The van der Waals surface area contributed by atoms with Gasteiger partial charge in [0.15, 0.2) is 5.65 Å². The molecule has 2 atom stereocenters. The van der Waals surface area contributed by atoms with Gasteiger partial charge in [0.25, 0.3) is 5.91 Å². The van der Waals surface area contributed by atoms with Gasteiger partial charge in [-0.25, -0.2) is 0 Å². The van der Waals surface area contributed by atoms with Crippen molar-refractivity contribution < 1.29 is 9.53 Å². The molecule has 2 aromatic heterocycles. The van der Waals surface area contributed by atoms with E-state index in [9.17, 15) is 4.79 Å². The summed E-state index contributed by atoms with van der Waals surface area (Å²) < 4.78 is 7.49. The SMILES string of the molecule is C[C@H]1CN(CCCCNC(=O)c2ccc3nncn3c2)C[C@H](C)O1. The first-order valence-corrected chi connectivity index (χ1v) is 8.57. The molecule has 0 spiro atoms. The lowest BCUT2D eigenvalue weighted by atomic mass is 10.2. The van der Waals surface area contributed by atoms with Crippen LogP contribution in [0.15, 0.2) is 24.7 Å². The molecule has 1 saturated heterocycles. The second-order valence-corrected chi connectivity index (χ2v) is 6.49. The second kappa shape index (κ2) is 7.72. The molecule has 1 fully saturated rings. The molecule has 0 aliphatic carbocycles. The first kappa shape index (κ1) is 16.9. The van der Waals surface area contributed by atoms with Gasteiger partial charge in [-0.2, -0.15) is 0 Å². The third kappa shape index (κ3) is 4.30. The number of aromatic nitrogens is 3. The van der Waals surface area contributed by atoms with Crippen LogP contribution in [-0.4, -0.2) is 63.8 Å². The topological polar surface area (TPSA) is 71.8 Å². The predicted octanol–water partition coefficient (Wildman–Crippen LogP) is 1.35. The van der Waals surface area contributed by atoms with Crippen molar-refractivity contribution in [2.45, 2.75) is 38.9 Å². The lowest BCUT2D eigenvalue weighted by Gasteiger charge is -2.35. The zero-order valence-electron chi connectivity index (χ0n) is 14.3. The van der Waals surface area contributed by atoms with Gasteiger partial charge in [0.05, 0.1) is 17.8 Å². The molecule has 0 aromatic carbocycles. The summed E-state index contributed by atoms with van der Waals surface area (Å²) in [6, 6.07) is 3.57. The number of morpholine rings is 1. The van der Waals surface area contributed by atoms with Gasteiger partial charge >= 0.3 is 0 Å². The van der Waals surface area contributed by atoms with Crippen LogP contribution in [0.25, 0.3) is 5.65 Å². The summed E-state index contributed by atoms with van der Waals surface area (Å²) in [6.45, 7) is 7.98. The smallest absolute Gasteiger partial charge is 0.252 e. The van der Waals surface area contributed by atoms with Gasteiger partial charge < -0.3 is 10.1 Å². The van der Waals surface area contributed by atoms with Crippen molar-refractivity contribution in [3.05, 3.63) is 30.2 Å². The Hall–Kier alpha value is -1.99. The minimum Gasteiger partial charge on any atom is -0.373 e. The number of rotatable bonds is 6. The van der Waals surface area contributed by atoms with E-state index in [1.165, 1.54) is 0 Å². The number of ether oxygens (including phenoxy) is 1. The van der Waals surface area contributed by atoms with Crippen LogP contribution in [0, 0.1) is 0 Å². The maximum absolute atomic E-state index is 12.2. The van der Waals surface area contributed by atoms with E-state index in [0.717, 1.165) is 38.1 Å². The number of unbranched alkanes of at least 4 members (excludes halogenated alkanes) is 1. The highest BCUT2D eigenvalue weighted by atomic mass is 16.5. The number of nitrogens with one attached hydrogen (secondary N) is 1. The van der Waals surface area contributed by atoms with Crippen LogP contribution in [0.3, 0.4) is 0 Å². The van der Waals surface area contributed by atoms with E-state index in [1.807, 2.05) is 0 Å². The molecule has 130 valence electrons. The Morgan fingerprint density at radius 3 is 2.88 bits per heavy atom. The summed E-state index contributed by atoms with van der Waals surface area (Å²) in [5, 5.41) is 10.7. The van der Waals surface area contributed by atoms with Crippen LogP contribution in [0.5, 0.6) is 0 Å². The van der Waals surface area contributed by atoms with Gasteiger partial charge in [-0.1, -0.05) is 0 Å². The largest absolute Gasteiger partial charge is 0.373 e. The summed E-state index contributed by atoms with van der Waals surface area (Å²) >= 11 is 0. The third-order valence-electron chi connectivity index (χ3n) is 4.24. The van der Waals surface area contributed by atoms with Gasteiger partial charge in [0.1, 0.15) is 6.33 Å². The fraction of sp³-hybridized carbons (Fsp3) is 0.588. The highest BCUT2D eigenvalue weighted by molar-refractivity contribution is 5.94. The monoisotopic (exact) mass is 331 g/mol. The van der Waals surface area contributed by atoms with Crippen LogP contribution in [-0.2, 0) is 4.74 Å². The van der Waals surface area contributed by atoms with Crippen LogP contribution in [0.2, 0.25) is 0 Å². The average Bonchev–Trinajstić information content (AvgIpc) is 3.01. The molecule has 0 bridgehead atoms. The number of hydrogen-bond donors (Lipinski definition) is 1. The Morgan fingerprint density at radius 2 is 2.08 bits per heavy atom. The van der Waals surface area contributed by atoms with Crippen molar-refractivity contribution >= 4 is 11.6 Å². The fourth-order valence-corrected chi connectivity index (χ4v) is 3.19. The zero-order valence-corrected chi connectivity index (χ0v) is 14.3. The Bertz CT molecular complexity index is 676. The molecule has 1 N–H and O–H groups in total. The molecule has 24 heavy (non-hydrogen) atoms. The highest BCUT2D eigenvalue weighted by Crippen LogP contribution is 2.11. The summed E-state index contributed by atoms with van der Waals surface area (Å²) in [5.41, 5.74) is 1.36. The van der Waals surface area contributed by atoms with Crippen LogP contribution in [0.1, 0.15) is 37.0 Å². The Labute approximate surface area is 142 Å². The van der Waals surface area contributed by atoms with Gasteiger partial charge in [-0.15, -0.1) is 10.2 Å². The highest BCUT2D eigenvalue weighted by Gasteiger charge is 2.21. The average molecular weight is 331 g/mol. The van der Waals surface area contributed by atoms with Gasteiger partial charge in [0.2, 0.25) is 0 Å². The van der Waals surface area contributed by atoms with Crippen molar-refractivity contribution in [3.63, 3.8) is 0 Å². The number of nitrogens with zero attached hydrogens (tertiary/aromatic N) is 4. The van der Waals surface area contributed by atoms with E-state index in [2.05, 4.69) is 34.3 Å². The first-order chi connectivity index (χ1) is 11.6. The standard InChI is InChI=1S/C17H25N5O2/c1-13-9-21(10-14(2)24-13)8-4-3-7-18-17(23)15-5-6-16-20-19-12-22(16)11-15/h5-6,11-14H,3-4,7-10H2,1-2H3,(H,18,23)/t13-,14-/m0/s1. The molecular weight excluding hydrogens is 306 g/mol. The van der Waals surface area contributed by atoms with Crippen LogP contribution < -0.4 is 5.32 Å². The molecule has 0 radical (unpaired) electrons. The summed E-state index contributed by atoms with van der Waals surface area (Å²) in [6.07, 6.45) is 6.00. The van der Waals surface area contributed by atoms with Crippen molar-refractivity contribution in [2.24, 2.45) is 0 Å². The molecule has 1 aliphatic heterocycles. The van der Waals surface area contributed by atoms with Crippen LogP contribution >= 0.6 is 0 Å². The maximum atomic E-state index is 12.2. The number of carbonyl (C=O) groups is 1. The van der Waals surface area contributed by atoms with E-state index in [1.54, 1.807) is 29.1 Å². The summed E-state index contributed by atoms with van der Waals surface area (Å²) in [4.78, 5) is 14.6. The molecule has 1 aliphatic rings. The van der Waals surface area contributed by atoms with Crippen LogP contribution in [0.4, 0.5) is 0 Å². The molecule has 3 heterocycles. The molecular formula is C17H25N5O2. The van der Waals surface area contributed by atoms with E-state index in [4.69, 9.17) is 4.74 Å². The Morgan fingerprint density at radius 1 is 1.29 bits per heavy atom. The Kier molecular flexibility index (Phi) is 5.42. The fourth-order valence-electron chi connectivity index (χ4n) is 3.19. The number of pyridine rings is 1. The molecule has 1 amide bonds. The zero-order chi connectivity index (χ0) is 16.9. The molecule has 0 saturated carbocycles. The summed E-state index contributed by atoms with van der Waals surface area (Å²) in [7, 11) is 0. The lowest BCUT2D eigenvalue weighted by Crippen LogP contribution is -2.45. The second-order valence-electron chi connectivity index (χ2n) is 6.49. The Balaban J connectivity index is 1.37. The molecule has 7 nitrogen and oxygen atoms in total. The number of hydrogen-bond acceptors (Lipinski definition) is 5. The normalized spacial score (nSPS) is 21.9. The first-order valence-electron chi connectivity index (χ1n) is 8.57. The van der Waals surface area contributed by atoms with Crippen molar-refractivity contribution in [1.82, 2.24) is 24.8 Å². The van der Waals surface area contributed by atoms with Crippen molar-refractivity contribution in [2.75, 3.05) is 26.2 Å². The van der Waals surface area contributed by atoms with E-state index < -0.39 is 0 Å². The number of amides is 1. The number of fused-ring (bicyclic) bond motifs is 1. The molecule has 0 unspecified atom stereocenters. The lowest BCUT2D eigenvalue weighted by molar-refractivity contribution is -0.0681. The van der Waals surface area contributed by atoms with Crippen molar-refractivity contribution in [1.29, 1.82) is 0 Å². The number of carbonyl (C=O) groups excluding carboxylic acids is 1. The summed E-state index contributed by atoms with van der Waals surface area (Å²) in [5.74, 6) is -0.0563. The predicted molar refractivity (Wildman–Crippen MR) is 91.0 cm³/mol. The van der Waals surface area contributed by atoms with Gasteiger partial charge in [-0.05, 0) is 45.4 Å². The molecule has 7 heteroatoms. The maximum Gasteiger partial charge on any atom is 0.252 e. The van der Waals surface area contributed by atoms with E-state index in [-0.39, 0.29) is 5.91 Å². The third-order valence-corrected chi connectivity index (χ3v) is 4.24.